The van der Waals surface area contributed by atoms with E-state index >= 15 is 4.39 Å². The van der Waals surface area contributed by atoms with Gasteiger partial charge in [0.15, 0.2) is 17.5 Å². The maximum absolute atomic E-state index is 15.2. The molecule has 4 rings (SSSR count). The second-order valence-corrected chi connectivity index (χ2v) is 9.25. The van der Waals surface area contributed by atoms with Gasteiger partial charge in [-0.05, 0) is 55.6 Å². The molecule has 0 radical (unpaired) electrons. The van der Waals surface area contributed by atoms with Crippen molar-refractivity contribution in [2.24, 2.45) is 0 Å². The average Bonchev–Trinajstić information content (AvgIpc) is 2.84. The quantitative estimate of drug-likeness (QED) is 0.197. The van der Waals surface area contributed by atoms with Crippen LogP contribution in [0.25, 0.3) is 11.0 Å². The Hall–Kier alpha value is -3.78. The number of hydrazine groups is 1. The standard InChI is InChI=1S/C24H23F2N5O5S/c1-30(2)13-18-16-7-6-15(35-23-19(25)5-4-9-28-23)12-20(16)36-24(32)17(18)11-14-8-10-27-22(21(14)26)29-31(3)37(33)34/h4-10,12H,11,13H2,1-3H3,(H,27,29)(H,33,34)/p-1. The summed E-state index contributed by atoms with van der Waals surface area (Å²) in [5.41, 5.74) is 2.80. The normalized spacial score (nSPS) is 12.3. The molecule has 37 heavy (non-hydrogen) atoms. The van der Waals surface area contributed by atoms with Gasteiger partial charge >= 0.3 is 5.63 Å². The Morgan fingerprint density at radius 2 is 1.89 bits per heavy atom. The fraction of sp³-hybridized carbons (Fsp3) is 0.208. The van der Waals surface area contributed by atoms with Crippen LogP contribution in [-0.2, 0) is 24.2 Å². The van der Waals surface area contributed by atoms with Crippen molar-refractivity contribution in [2.75, 3.05) is 26.6 Å². The first-order valence-corrected chi connectivity index (χ1v) is 11.9. The number of hydrogen-bond acceptors (Lipinski definition) is 9. The SMILES string of the molecule is CN(C)Cc1c(Cc2ccnc(NN(C)S(=O)[O-])c2F)c(=O)oc2cc(Oc3ncccc3F)ccc12. The van der Waals surface area contributed by atoms with Crippen LogP contribution < -0.4 is 15.8 Å². The summed E-state index contributed by atoms with van der Waals surface area (Å²) in [4.78, 5) is 22.6. The van der Waals surface area contributed by atoms with Gasteiger partial charge in [0.1, 0.15) is 11.3 Å². The molecule has 0 bridgehead atoms. The number of anilines is 1. The topological polar surface area (TPSA) is 124 Å². The Morgan fingerprint density at radius 1 is 1.11 bits per heavy atom. The number of rotatable bonds is 9. The lowest BCUT2D eigenvalue weighted by molar-refractivity contribution is 0.400. The van der Waals surface area contributed by atoms with E-state index in [9.17, 15) is 17.9 Å². The Morgan fingerprint density at radius 3 is 2.59 bits per heavy atom. The van der Waals surface area contributed by atoms with Gasteiger partial charge in [0.2, 0.25) is 0 Å². The highest BCUT2D eigenvalue weighted by atomic mass is 32.2. The van der Waals surface area contributed by atoms with Crippen molar-refractivity contribution in [3.63, 3.8) is 0 Å². The summed E-state index contributed by atoms with van der Waals surface area (Å²) in [6, 6.07) is 8.77. The van der Waals surface area contributed by atoms with Crippen molar-refractivity contribution in [2.45, 2.75) is 13.0 Å². The van der Waals surface area contributed by atoms with Gasteiger partial charge in [-0.3, -0.25) is 9.63 Å². The third-order valence-electron chi connectivity index (χ3n) is 5.33. The largest absolute Gasteiger partial charge is 0.758 e. The molecule has 10 nitrogen and oxygen atoms in total. The molecule has 0 aliphatic rings. The first-order valence-electron chi connectivity index (χ1n) is 10.9. The summed E-state index contributed by atoms with van der Waals surface area (Å²) in [5.74, 6) is -1.78. The summed E-state index contributed by atoms with van der Waals surface area (Å²) < 4.78 is 63.0. The molecule has 0 saturated heterocycles. The van der Waals surface area contributed by atoms with Gasteiger partial charge in [0, 0.05) is 60.7 Å². The number of halogens is 2. The minimum atomic E-state index is -2.65. The second-order valence-electron chi connectivity index (χ2n) is 8.27. The molecular weight excluding hydrogens is 508 g/mol. The molecule has 194 valence electrons. The Balaban J connectivity index is 1.75. The van der Waals surface area contributed by atoms with Gasteiger partial charge in [0.25, 0.3) is 5.88 Å². The molecule has 1 aromatic carbocycles. The van der Waals surface area contributed by atoms with Crippen LogP contribution in [-0.4, -0.2) is 49.2 Å². The van der Waals surface area contributed by atoms with Crippen molar-refractivity contribution in [3.8, 4) is 11.6 Å². The Labute approximate surface area is 212 Å². The molecule has 0 fully saturated rings. The van der Waals surface area contributed by atoms with Crippen LogP contribution in [0, 0.1) is 11.6 Å². The first kappa shape index (κ1) is 26.3. The molecule has 0 spiro atoms. The van der Waals surface area contributed by atoms with E-state index in [0.717, 1.165) is 0 Å². The zero-order valence-corrected chi connectivity index (χ0v) is 20.8. The summed E-state index contributed by atoms with van der Waals surface area (Å²) in [7, 11) is 4.82. The highest BCUT2D eigenvalue weighted by Gasteiger charge is 2.20. The lowest BCUT2D eigenvalue weighted by atomic mass is 9.98. The van der Waals surface area contributed by atoms with Crippen molar-refractivity contribution in [1.29, 1.82) is 0 Å². The molecule has 3 heterocycles. The first-order chi connectivity index (χ1) is 17.6. The maximum atomic E-state index is 15.2. The molecule has 1 unspecified atom stereocenters. The van der Waals surface area contributed by atoms with Crippen molar-refractivity contribution in [3.05, 3.63) is 87.5 Å². The molecule has 4 aromatic rings. The molecule has 1 atom stereocenters. The molecule has 0 aliphatic heterocycles. The van der Waals surface area contributed by atoms with Gasteiger partial charge in [-0.15, -0.1) is 0 Å². The van der Waals surface area contributed by atoms with E-state index in [1.165, 1.54) is 43.7 Å². The van der Waals surface area contributed by atoms with E-state index in [4.69, 9.17) is 9.15 Å². The fourth-order valence-corrected chi connectivity index (χ4v) is 3.82. The zero-order chi connectivity index (χ0) is 26.7. The molecule has 0 aliphatic carbocycles. The van der Waals surface area contributed by atoms with Gasteiger partial charge in [-0.2, -0.15) is 4.41 Å². The smallest absolute Gasteiger partial charge is 0.340 e. The predicted octanol–water partition coefficient (Wildman–Crippen LogP) is 3.36. The zero-order valence-electron chi connectivity index (χ0n) is 20.0. The summed E-state index contributed by atoms with van der Waals surface area (Å²) in [6.45, 7) is 0.336. The van der Waals surface area contributed by atoms with Crippen LogP contribution in [0.2, 0.25) is 0 Å². The Bertz CT molecular complexity index is 1530. The Kier molecular flexibility index (Phi) is 7.88. The lowest BCUT2D eigenvalue weighted by Gasteiger charge is -2.21. The van der Waals surface area contributed by atoms with Crippen molar-refractivity contribution in [1.82, 2.24) is 19.3 Å². The number of pyridine rings is 2. The number of fused-ring (bicyclic) bond motifs is 1. The van der Waals surface area contributed by atoms with Gasteiger partial charge < -0.3 is 18.6 Å². The third kappa shape index (κ3) is 5.97. The van der Waals surface area contributed by atoms with E-state index in [1.54, 1.807) is 12.1 Å². The number of aromatic nitrogens is 2. The summed E-state index contributed by atoms with van der Waals surface area (Å²) in [6.07, 6.45) is 2.56. The molecule has 1 N–H and O–H groups in total. The maximum Gasteiger partial charge on any atom is 0.340 e. The molecule has 13 heteroatoms. The van der Waals surface area contributed by atoms with Crippen molar-refractivity contribution >= 4 is 28.1 Å². The molecule has 3 aromatic heterocycles. The van der Waals surface area contributed by atoms with E-state index in [0.29, 0.717) is 21.9 Å². The van der Waals surface area contributed by atoms with Crippen molar-refractivity contribution < 1.29 is 26.7 Å². The van der Waals surface area contributed by atoms with Gasteiger partial charge in [-0.1, -0.05) is 0 Å². The van der Waals surface area contributed by atoms with Crippen LogP contribution >= 0.6 is 0 Å². The molecule has 0 saturated carbocycles. The minimum Gasteiger partial charge on any atom is -0.758 e. The summed E-state index contributed by atoms with van der Waals surface area (Å²) in [5, 5.41) is 0.589. The van der Waals surface area contributed by atoms with E-state index in [2.05, 4.69) is 15.4 Å². The second kappa shape index (κ2) is 11.1. The van der Waals surface area contributed by atoms with Crippen LogP contribution in [0.1, 0.15) is 16.7 Å². The lowest BCUT2D eigenvalue weighted by Crippen LogP contribution is -2.28. The van der Waals surface area contributed by atoms with Crippen LogP contribution in [0.15, 0.2) is 58.0 Å². The molecule has 0 amide bonds. The monoisotopic (exact) mass is 530 g/mol. The number of benzene rings is 1. The van der Waals surface area contributed by atoms with Gasteiger partial charge in [-0.25, -0.2) is 23.5 Å². The number of nitrogens with zero attached hydrogens (tertiary/aromatic N) is 4. The highest BCUT2D eigenvalue weighted by Crippen LogP contribution is 2.30. The van der Waals surface area contributed by atoms with E-state index in [-0.39, 0.29) is 40.6 Å². The highest BCUT2D eigenvalue weighted by molar-refractivity contribution is 7.76. The van der Waals surface area contributed by atoms with E-state index < -0.39 is 28.5 Å². The number of hydrogen-bond donors (Lipinski definition) is 1. The van der Waals surface area contributed by atoms with Gasteiger partial charge in [0.05, 0.1) is 0 Å². The predicted molar refractivity (Wildman–Crippen MR) is 131 cm³/mol. The number of nitrogens with one attached hydrogen (secondary N) is 1. The van der Waals surface area contributed by atoms with Crippen LogP contribution in [0.5, 0.6) is 11.6 Å². The fourth-order valence-electron chi connectivity index (χ4n) is 3.66. The third-order valence-corrected chi connectivity index (χ3v) is 5.87. The van der Waals surface area contributed by atoms with E-state index in [1.807, 2.05) is 19.0 Å². The van der Waals surface area contributed by atoms with Crippen LogP contribution in [0.3, 0.4) is 0 Å². The van der Waals surface area contributed by atoms with Crippen LogP contribution in [0.4, 0.5) is 14.6 Å². The summed E-state index contributed by atoms with van der Waals surface area (Å²) >= 11 is -2.65. The number of ether oxygens (including phenoxy) is 1. The minimum absolute atomic E-state index is 0.111. The average molecular weight is 531 g/mol. The molecular formula is C24H22F2N5O5S-.